The second-order valence-corrected chi connectivity index (χ2v) is 6.38. The molecule has 0 saturated heterocycles. The minimum Gasteiger partial charge on any atom is -0.481 e. The summed E-state index contributed by atoms with van der Waals surface area (Å²) in [5, 5.41) is 9.34. The van der Waals surface area contributed by atoms with Crippen LogP contribution in [0, 0.1) is 0 Å². The van der Waals surface area contributed by atoms with Gasteiger partial charge in [-0.1, -0.05) is 6.07 Å². The highest BCUT2D eigenvalue weighted by molar-refractivity contribution is 5.77. The third-order valence-electron chi connectivity index (χ3n) is 4.35. The van der Waals surface area contributed by atoms with Crippen molar-refractivity contribution in [2.45, 2.75) is 31.9 Å². The molecule has 146 valence electrons. The molecule has 0 radical (unpaired) electrons. The Morgan fingerprint density at radius 2 is 1.89 bits per heavy atom. The first kappa shape index (κ1) is 19.6. The highest BCUT2D eigenvalue weighted by Crippen LogP contribution is 2.30. The number of nitrogens with zero attached hydrogens (tertiary/aromatic N) is 2. The SMILES string of the molecule is O=C(O)CCCCc1cc2cccnc2n(-c2cccc(C(F)(F)F)c2)c1=O. The van der Waals surface area contributed by atoms with Gasteiger partial charge >= 0.3 is 12.1 Å². The van der Waals surface area contributed by atoms with E-state index >= 15 is 0 Å². The maximum Gasteiger partial charge on any atom is 0.416 e. The van der Waals surface area contributed by atoms with Gasteiger partial charge in [-0.2, -0.15) is 13.2 Å². The number of carboxylic acid groups (broad SMARTS) is 1. The van der Waals surface area contributed by atoms with Crippen LogP contribution < -0.4 is 5.56 Å². The predicted octanol–water partition coefficient (Wildman–Crippen LogP) is 4.20. The number of aliphatic carboxylic acids is 1. The van der Waals surface area contributed by atoms with Gasteiger partial charge < -0.3 is 5.11 Å². The van der Waals surface area contributed by atoms with Crippen molar-refractivity contribution in [3.63, 3.8) is 0 Å². The summed E-state index contributed by atoms with van der Waals surface area (Å²) in [4.78, 5) is 27.8. The molecule has 0 aliphatic rings. The average Bonchev–Trinajstić information content (AvgIpc) is 2.65. The Hall–Kier alpha value is -3.16. The van der Waals surface area contributed by atoms with Gasteiger partial charge in [0.1, 0.15) is 5.65 Å². The van der Waals surface area contributed by atoms with Gasteiger partial charge in [0, 0.05) is 23.6 Å². The predicted molar refractivity (Wildman–Crippen MR) is 97.5 cm³/mol. The molecule has 0 atom stereocenters. The van der Waals surface area contributed by atoms with Gasteiger partial charge in [0.15, 0.2) is 0 Å². The van der Waals surface area contributed by atoms with E-state index in [9.17, 15) is 22.8 Å². The first-order valence-electron chi connectivity index (χ1n) is 8.66. The molecule has 0 unspecified atom stereocenters. The summed E-state index contributed by atoms with van der Waals surface area (Å²) < 4.78 is 40.5. The van der Waals surface area contributed by atoms with Gasteiger partial charge in [0.2, 0.25) is 0 Å². The second kappa shape index (κ2) is 7.84. The van der Waals surface area contributed by atoms with Crippen LogP contribution in [0.15, 0.2) is 53.5 Å². The molecule has 0 saturated carbocycles. The largest absolute Gasteiger partial charge is 0.481 e. The van der Waals surface area contributed by atoms with E-state index in [0.29, 0.717) is 30.2 Å². The van der Waals surface area contributed by atoms with Crippen LogP contribution >= 0.6 is 0 Å². The van der Waals surface area contributed by atoms with Crippen LogP contribution in [0.5, 0.6) is 0 Å². The molecular weight excluding hydrogens is 373 g/mol. The minimum atomic E-state index is -4.53. The van der Waals surface area contributed by atoms with Crippen LogP contribution in [-0.2, 0) is 17.4 Å². The molecule has 1 aromatic carbocycles. The quantitative estimate of drug-likeness (QED) is 0.641. The Bertz CT molecular complexity index is 1070. The molecule has 2 heterocycles. The van der Waals surface area contributed by atoms with Gasteiger partial charge in [0.25, 0.3) is 5.56 Å². The maximum absolute atomic E-state index is 13.1. The first-order chi connectivity index (χ1) is 13.3. The zero-order valence-electron chi connectivity index (χ0n) is 14.7. The summed E-state index contributed by atoms with van der Waals surface area (Å²) in [6.45, 7) is 0. The number of hydrogen-bond donors (Lipinski definition) is 1. The Balaban J connectivity index is 2.10. The van der Waals surface area contributed by atoms with Crippen molar-refractivity contribution in [3.05, 3.63) is 70.1 Å². The lowest BCUT2D eigenvalue weighted by Crippen LogP contribution is -2.23. The molecule has 0 aliphatic heterocycles. The van der Waals surface area contributed by atoms with Gasteiger partial charge in [-0.25, -0.2) is 4.98 Å². The Kier molecular flexibility index (Phi) is 5.48. The molecule has 5 nitrogen and oxygen atoms in total. The molecule has 0 fully saturated rings. The number of halogens is 3. The highest BCUT2D eigenvalue weighted by Gasteiger charge is 2.30. The topological polar surface area (TPSA) is 72.2 Å². The summed E-state index contributed by atoms with van der Waals surface area (Å²) in [7, 11) is 0. The van der Waals surface area contributed by atoms with Crippen molar-refractivity contribution in [1.29, 1.82) is 0 Å². The van der Waals surface area contributed by atoms with Crippen LogP contribution in [0.4, 0.5) is 13.2 Å². The lowest BCUT2D eigenvalue weighted by atomic mass is 10.1. The number of rotatable bonds is 6. The van der Waals surface area contributed by atoms with E-state index in [2.05, 4.69) is 4.98 Å². The number of carboxylic acids is 1. The lowest BCUT2D eigenvalue weighted by Gasteiger charge is -2.14. The fourth-order valence-corrected chi connectivity index (χ4v) is 3.03. The number of aromatic nitrogens is 2. The van der Waals surface area contributed by atoms with E-state index in [1.807, 2.05) is 0 Å². The van der Waals surface area contributed by atoms with Crippen molar-refractivity contribution >= 4 is 17.0 Å². The number of benzene rings is 1. The summed E-state index contributed by atoms with van der Waals surface area (Å²) in [5.41, 5.74) is -0.561. The van der Waals surface area contributed by atoms with Crippen LogP contribution in [0.1, 0.15) is 30.4 Å². The summed E-state index contributed by atoms with van der Waals surface area (Å²) >= 11 is 0. The number of fused-ring (bicyclic) bond motifs is 1. The lowest BCUT2D eigenvalue weighted by molar-refractivity contribution is -0.138. The van der Waals surface area contributed by atoms with E-state index in [1.54, 1.807) is 18.2 Å². The number of hydrogen-bond acceptors (Lipinski definition) is 3. The fourth-order valence-electron chi connectivity index (χ4n) is 3.03. The van der Waals surface area contributed by atoms with Crippen LogP contribution in [0.2, 0.25) is 0 Å². The third kappa shape index (κ3) is 4.21. The molecule has 1 N–H and O–H groups in total. The number of pyridine rings is 2. The molecule has 28 heavy (non-hydrogen) atoms. The molecule has 3 rings (SSSR count). The van der Waals surface area contributed by atoms with Crippen molar-refractivity contribution in [2.75, 3.05) is 0 Å². The standard InChI is InChI=1S/C20H17F3N2O3/c21-20(22,23)15-7-3-8-16(12-15)25-18-13(6-4-10-24-18)11-14(19(25)28)5-1-2-9-17(26)27/h3-4,6-8,10-12H,1-2,5,9H2,(H,26,27). The fraction of sp³-hybridized carbons (Fsp3) is 0.250. The monoisotopic (exact) mass is 390 g/mol. The second-order valence-electron chi connectivity index (χ2n) is 6.38. The smallest absolute Gasteiger partial charge is 0.416 e. The highest BCUT2D eigenvalue weighted by atomic mass is 19.4. The third-order valence-corrected chi connectivity index (χ3v) is 4.35. The molecular formula is C20H17F3N2O3. The molecule has 0 amide bonds. The number of alkyl halides is 3. The average molecular weight is 390 g/mol. The van der Waals surface area contributed by atoms with Crippen LogP contribution in [-0.4, -0.2) is 20.6 Å². The molecule has 2 aromatic heterocycles. The van der Waals surface area contributed by atoms with E-state index < -0.39 is 23.3 Å². The molecule has 0 aliphatic carbocycles. The van der Waals surface area contributed by atoms with Crippen molar-refractivity contribution in [1.82, 2.24) is 9.55 Å². The Labute approximate surface area is 158 Å². The van der Waals surface area contributed by atoms with E-state index in [4.69, 9.17) is 5.11 Å². The van der Waals surface area contributed by atoms with E-state index in [-0.39, 0.29) is 17.8 Å². The summed E-state index contributed by atoms with van der Waals surface area (Å²) in [5.74, 6) is -0.913. The summed E-state index contributed by atoms with van der Waals surface area (Å²) in [6, 6.07) is 9.61. The van der Waals surface area contributed by atoms with Gasteiger partial charge in [-0.05, 0) is 55.7 Å². The number of carbonyl (C=O) groups is 1. The molecule has 0 bridgehead atoms. The van der Waals surface area contributed by atoms with Crippen molar-refractivity contribution in [2.24, 2.45) is 0 Å². The van der Waals surface area contributed by atoms with Gasteiger partial charge in [0.05, 0.1) is 11.3 Å². The van der Waals surface area contributed by atoms with E-state index in [1.165, 1.54) is 22.9 Å². The zero-order chi connectivity index (χ0) is 20.3. The summed E-state index contributed by atoms with van der Waals surface area (Å²) in [6.07, 6.45) is -1.85. The Morgan fingerprint density at radius 3 is 2.61 bits per heavy atom. The van der Waals surface area contributed by atoms with Crippen LogP contribution in [0.25, 0.3) is 16.7 Å². The zero-order valence-corrected chi connectivity index (χ0v) is 14.7. The normalized spacial score (nSPS) is 11.7. The van der Waals surface area contributed by atoms with Crippen molar-refractivity contribution in [3.8, 4) is 5.69 Å². The van der Waals surface area contributed by atoms with Crippen molar-refractivity contribution < 1.29 is 23.1 Å². The first-order valence-corrected chi connectivity index (χ1v) is 8.66. The van der Waals surface area contributed by atoms with Gasteiger partial charge in [-0.15, -0.1) is 0 Å². The minimum absolute atomic E-state index is 0.00302. The Morgan fingerprint density at radius 1 is 1.11 bits per heavy atom. The maximum atomic E-state index is 13.1. The van der Waals surface area contributed by atoms with E-state index in [0.717, 1.165) is 12.1 Å². The molecule has 3 aromatic rings. The molecule has 8 heteroatoms. The number of unbranched alkanes of at least 4 members (excludes halogenated alkanes) is 1. The van der Waals surface area contributed by atoms with Gasteiger partial charge in [-0.3, -0.25) is 14.2 Å². The van der Waals surface area contributed by atoms with Crippen LogP contribution in [0.3, 0.4) is 0 Å². The molecule has 0 spiro atoms. The number of aryl methyl sites for hydroxylation is 1.